The van der Waals surface area contributed by atoms with E-state index in [0.717, 1.165) is 25.7 Å². The Morgan fingerprint density at radius 3 is 2.64 bits per heavy atom. The number of rotatable bonds is 7. The van der Waals surface area contributed by atoms with E-state index >= 15 is 0 Å². The van der Waals surface area contributed by atoms with Crippen LogP contribution in [0, 0.1) is 5.92 Å². The summed E-state index contributed by atoms with van der Waals surface area (Å²) in [5, 5.41) is 12.1. The lowest BCUT2D eigenvalue weighted by atomic mass is 9.97. The number of carbonyl (C=O) groups excluding carboxylic acids is 1. The van der Waals surface area contributed by atoms with Gasteiger partial charge < -0.3 is 10.4 Å². The predicted octanol–water partition coefficient (Wildman–Crippen LogP) is 1.82. The highest BCUT2D eigenvalue weighted by Gasteiger charge is 2.17. The van der Waals surface area contributed by atoms with E-state index < -0.39 is 6.23 Å². The molecule has 0 fully saturated rings. The smallest absolute Gasteiger partial charge is 0.245 e. The second-order valence-corrected chi connectivity index (χ2v) is 3.47. The van der Waals surface area contributed by atoms with Crippen molar-refractivity contribution in [3.05, 3.63) is 12.7 Å². The van der Waals surface area contributed by atoms with Gasteiger partial charge >= 0.3 is 0 Å². The first-order valence-electron chi connectivity index (χ1n) is 5.26. The van der Waals surface area contributed by atoms with Crippen LogP contribution in [0.25, 0.3) is 0 Å². The summed E-state index contributed by atoms with van der Waals surface area (Å²) in [6, 6.07) is 0. The number of unbranched alkanes of at least 4 members (excludes halogenated alkanes) is 1. The van der Waals surface area contributed by atoms with Crippen LogP contribution < -0.4 is 5.32 Å². The van der Waals surface area contributed by atoms with Crippen molar-refractivity contribution in [3.63, 3.8) is 0 Å². The van der Waals surface area contributed by atoms with Crippen molar-refractivity contribution >= 4 is 5.91 Å². The molecule has 1 amide bonds. The highest BCUT2D eigenvalue weighted by Crippen LogP contribution is 2.15. The molecule has 2 unspecified atom stereocenters. The Morgan fingerprint density at radius 1 is 1.57 bits per heavy atom. The van der Waals surface area contributed by atoms with Crippen LogP contribution in [0.4, 0.5) is 0 Å². The molecule has 0 saturated heterocycles. The van der Waals surface area contributed by atoms with E-state index in [1.165, 1.54) is 6.08 Å². The monoisotopic (exact) mass is 199 g/mol. The summed E-state index contributed by atoms with van der Waals surface area (Å²) in [5.74, 6) is -0.161. The quantitative estimate of drug-likeness (QED) is 0.485. The van der Waals surface area contributed by atoms with E-state index in [1.807, 2.05) is 6.92 Å². The van der Waals surface area contributed by atoms with Crippen LogP contribution >= 0.6 is 0 Å². The van der Waals surface area contributed by atoms with Crippen molar-refractivity contribution in [2.75, 3.05) is 0 Å². The van der Waals surface area contributed by atoms with E-state index in [1.54, 1.807) is 0 Å². The number of amides is 1. The van der Waals surface area contributed by atoms with Crippen LogP contribution in [0.1, 0.15) is 39.5 Å². The van der Waals surface area contributed by atoms with Gasteiger partial charge in [0.15, 0.2) is 0 Å². The van der Waals surface area contributed by atoms with E-state index in [9.17, 15) is 9.90 Å². The third-order valence-corrected chi connectivity index (χ3v) is 2.37. The molecule has 0 aromatic rings. The van der Waals surface area contributed by atoms with Crippen LogP contribution in [0.2, 0.25) is 0 Å². The normalized spacial score (nSPS) is 14.5. The van der Waals surface area contributed by atoms with Gasteiger partial charge in [-0.05, 0) is 18.9 Å². The van der Waals surface area contributed by atoms with Crippen molar-refractivity contribution in [1.82, 2.24) is 5.32 Å². The number of aliphatic hydroxyl groups is 1. The van der Waals surface area contributed by atoms with Gasteiger partial charge in [0.1, 0.15) is 6.23 Å². The van der Waals surface area contributed by atoms with Crippen LogP contribution in [-0.2, 0) is 4.79 Å². The zero-order valence-corrected chi connectivity index (χ0v) is 9.12. The first-order valence-corrected chi connectivity index (χ1v) is 5.26. The molecule has 0 rings (SSSR count). The van der Waals surface area contributed by atoms with Gasteiger partial charge in [0.25, 0.3) is 0 Å². The van der Waals surface area contributed by atoms with E-state index in [-0.39, 0.29) is 11.8 Å². The Hall–Kier alpha value is -0.830. The summed E-state index contributed by atoms with van der Waals surface area (Å²) < 4.78 is 0. The molecule has 2 atom stereocenters. The molecule has 3 nitrogen and oxygen atoms in total. The summed E-state index contributed by atoms with van der Waals surface area (Å²) in [6.07, 6.45) is 4.45. The molecule has 2 N–H and O–H groups in total. The van der Waals surface area contributed by atoms with Gasteiger partial charge in [0.2, 0.25) is 5.91 Å². The predicted molar refractivity (Wildman–Crippen MR) is 57.7 cm³/mol. The average Bonchev–Trinajstić information content (AvgIpc) is 2.18. The lowest BCUT2D eigenvalue weighted by molar-refractivity contribution is -0.120. The molecule has 0 heterocycles. The zero-order chi connectivity index (χ0) is 11.0. The van der Waals surface area contributed by atoms with E-state index in [0.29, 0.717) is 0 Å². The number of hydrogen-bond acceptors (Lipinski definition) is 2. The fourth-order valence-corrected chi connectivity index (χ4v) is 1.37. The van der Waals surface area contributed by atoms with Gasteiger partial charge in [-0.25, -0.2) is 0 Å². The van der Waals surface area contributed by atoms with Gasteiger partial charge in [-0.3, -0.25) is 4.79 Å². The first kappa shape index (κ1) is 13.2. The van der Waals surface area contributed by atoms with Crippen molar-refractivity contribution in [2.24, 2.45) is 5.92 Å². The third kappa shape index (κ3) is 5.02. The molecule has 82 valence electrons. The Labute approximate surface area is 86.2 Å². The minimum absolute atomic E-state index is 0.152. The fraction of sp³-hybridized carbons (Fsp3) is 0.727. The standard InChI is InChI=1S/C11H21NO2/c1-4-7-8-9(5-2)11(14)12-10(13)6-3/h6,9,11,14H,3-5,7-8H2,1-2H3,(H,12,13). The molecule has 3 heteroatoms. The summed E-state index contributed by atoms with van der Waals surface area (Å²) in [6.45, 7) is 7.47. The summed E-state index contributed by atoms with van der Waals surface area (Å²) in [4.78, 5) is 10.9. The Balaban J connectivity index is 3.95. The van der Waals surface area contributed by atoms with Gasteiger partial charge in [-0.2, -0.15) is 0 Å². The molecular weight excluding hydrogens is 178 g/mol. The molecule has 0 radical (unpaired) electrons. The first-order chi connectivity index (χ1) is 6.65. The number of nitrogens with one attached hydrogen (secondary N) is 1. The van der Waals surface area contributed by atoms with Gasteiger partial charge in [-0.1, -0.05) is 33.3 Å². The molecule has 0 aromatic carbocycles. The molecule has 0 aliphatic heterocycles. The zero-order valence-electron chi connectivity index (χ0n) is 9.12. The summed E-state index contributed by atoms with van der Waals surface area (Å²) in [5.41, 5.74) is 0. The van der Waals surface area contributed by atoms with Crippen molar-refractivity contribution < 1.29 is 9.90 Å². The SMILES string of the molecule is C=CC(=O)NC(O)C(CC)CCCC. The maximum Gasteiger partial charge on any atom is 0.245 e. The highest BCUT2D eigenvalue weighted by atomic mass is 16.3. The van der Waals surface area contributed by atoms with Gasteiger partial charge in [0.05, 0.1) is 0 Å². The molecule has 0 aromatic heterocycles. The maximum atomic E-state index is 10.9. The van der Waals surface area contributed by atoms with Crippen molar-refractivity contribution in [2.45, 2.75) is 45.8 Å². The van der Waals surface area contributed by atoms with E-state index in [2.05, 4.69) is 18.8 Å². The van der Waals surface area contributed by atoms with Gasteiger partial charge in [0, 0.05) is 5.92 Å². The molecular formula is C11H21NO2. The second kappa shape index (κ2) is 7.56. The largest absolute Gasteiger partial charge is 0.373 e. The van der Waals surface area contributed by atoms with Crippen LogP contribution in [0.15, 0.2) is 12.7 Å². The summed E-state index contributed by atoms with van der Waals surface area (Å²) in [7, 11) is 0. The number of hydrogen-bond donors (Lipinski definition) is 2. The highest BCUT2D eigenvalue weighted by molar-refractivity contribution is 5.86. The molecule has 0 aliphatic carbocycles. The number of carbonyl (C=O) groups is 1. The Kier molecular flexibility index (Phi) is 7.11. The Bertz CT molecular complexity index is 180. The lowest BCUT2D eigenvalue weighted by Crippen LogP contribution is -2.39. The third-order valence-electron chi connectivity index (χ3n) is 2.37. The molecule has 0 spiro atoms. The topological polar surface area (TPSA) is 49.3 Å². The minimum atomic E-state index is -0.739. The summed E-state index contributed by atoms with van der Waals surface area (Å²) >= 11 is 0. The average molecular weight is 199 g/mol. The van der Waals surface area contributed by atoms with Gasteiger partial charge in [-0.15, -0.1) is 0 Å². The lowest BCUT2D eigenvalue weighted by Gasteiger charge is -2.21. The van der Waals surface area contributed by atoms with Crippen LogP contribution in [-0.4, -0.2) is 17.2 Å². The van der Waals surface area contributed by atoms with Crippen molar-refractivity contribution in [3.8, 4) is 0 Å². The maximum absolute atomic E-state index is 10.9. The molecule has 14 heavy (non-hydrogen) atoms. The second-order valence-electron chi connectivity index (χ2n) is 3.47. The van der Waals surface area contributed by atoms with Crippen molar-refractivity contribution in [1.29, 1.82) is 0 Å². The fourth-order valence-electron chi connectivity index (χ4n) is 1.37. The molecule has 0 saturated carbocycles. The minimum Gasteiger partial charge on any atom is -0.373 e. The van der Waals surface area contributed by atoms with Crippen LogP contribution in [0.3, 0.4) is 0 Å². The number of aliphatic hydroxyl groups excluding tert-OH is 1. The molecule has 0 aliphatic rings. The Morgan fingerprint density at radius 2 is 2.21 bits per heavy atom. The van der Waals surface area contributed by atoms with E-state index in [4.69, 9.17) is 0 Å². The molecule has 0 bridgehead atoms. The van der Waals surface area contributed by atoms with Crippen LogP contribution in [0.5, 0.6) is 0 Å².